The topological polar surface area (TPSA) is 50.4 Å². The van der Waals surface area contributed by atoms with Gasteiger partial charge < -0.3 is 15.4 Å². The highest BCUT2D eigenvalue weighted by Gasteiger charge is 2.31. The Hall–Kier alpha value is -1.10. The fraction of sp³-hybridized carbons (Fsp3) is 0.556. The van der Waals surface area contributed by atoms with Gasteiger partial charge in [-0.1, -0.05) is 6.08 Å². The molecule has 1 rings (SSSR count). The van der Waals surface area contributed by atoms with Crippen molar-refractivity contribution in [2.45, 2.75) is 25.5 Å². The molecule has 1 fully saturated rings. The number of cyclic esters (lactones) is 1. The van der Waals surface area contributed by atoms with E-state index in [0.717, 1.165) is 0 Å². The molecule has 1 aliphatic rings. The Labute approximate surface area is 88.7 Å². The normalized spacial score (nSPS) is 25.4. The van der Waals surface area contributed by atoms with E-state index in [-0.39, 0.29) is 18.1 Å². The summed E-state index contributed by atoms with van der Waals surface area (Å²) in [5.41, 5.74) is 0. The monoisotopic (exact) mass is 214 g/mol. The lowest BCUT2D eigenvalue weighted by Crippen LogP contribution is -2.44. The van der Waals surface area contributed by atoms with Gasteiger partial charge in [0, 0.05) is 13.0 Å². The summed E-state index contributed by atoms with van der Waals surface area (Å²) < 4.78 is 4.97. The minimum Gasteiger partial charge on any atom is -0.461 e. The first-order valence-corrected chi connectivity index (χ1v) is 4.90. The molecule has 0 aliphatic carbocycles. The van der Waals surface area contributed by atoms with Gasteiger partial charge in [-0.3, -0.25) is 0 Å². The van der Waals surface area contributed by atoms with Crippen LogP contribution in [0.5, 0.6) is 0 Å². The van der Waals surface area contributed by atoms with Gasteiger partial charge in [0.2, 0.25) is 0 Å². The minimum atomic E-state index is -0.310. The second-order valence-corrected chi connectivity index (χ2v) is 3.59. The lowest BCUT2D eigenvalue weighted by atomic mass is 10.2. The van der Waals surface area contributed by atoms with E-state index in [9.17, 15) is 4.79 Å². The molecule has 14 heavy (non-hydrogen) atoms. The molecule has 0 amide bonds. The summed E-state index contributed by atoms with van der Waals surface area (Å²) in [4.78, 5) is 11.2. The molecule has 0 aromatic heterocycles. The van der Waals surface area contributed by atoms with E-state index < -0.39 is 0 Å². The van der Waals surface area contributed by atoms with Crippen molar-refractivity contribution in [1.29, 1.82) is 0 Å². The molecular formula is C9H14N2O2S. The fourth-order valence-electron chi connectivity index (χ4n) is 1.25. The Balaban J connectivity index is 2.33. The van der Waals surface area contributed by atoms with Crippen LogP contribution in [0, 0.1) is 0 Å². The van der Waals surface area contributed by atoms with E-state index in [0.29, 0.717) is 18.1 Å². The number of nitrogens with one attached hydrogen (secondary N) is 2. The SMILES string of the molecule is C=CCNC(=S)N[C@@H]1C[C@H](C)OC1=O. The molecule has 2 N–H and O–H groups in total. The van der Waals surface area contributed by atoms with Crippen LogP contribution < -0.4 is 10.6 Å². The van der Waals surface area contributed by atoms with E-state index in [4.69, 9.17) is 17.0 Å². The predicted octanol–water partition coefficient (Wildman–Crippen LogP) is 0.340. The van der Waals surface area contributed by atoms with Gasteiger partial charge in [-0.2, -0.15) is 0 Å². The van der Waals surface area contributed by atoms with Crippen LogP contribution in [0.4, 0.5) is 0 Å². The van der Waals surface area contributed by atoms with Crippen LogP contribution in [0.15, 0.2) is 12.7 Å². The molecule has 4 nitrogen and oxygen atoms in total. The third-order valence-electron chi connectivity index (χ3n) is 1.88. The van der Waals surface area contributed by atoms with Crippen LogP contribution in [-0.2, 0) is 9.53 Å². The van der Waals surface area contributed by atoms with Crippen LogP contribution in [0.2, 0.25) is 0 Å². The highest BCUT2D eigenvalue weighted by atomic mass is 32.1. The summed E-state index contributed by atoms with van der Waals surface area (Å²) in [5, 5.41) is 6.24. The smallest absolute Gasteiger partial charge is 0.329 e. The van der Waals surface area contributed by atoms with Gasteiger partial charge in [0.25, 0.3) is 0 Å². The Morgan fingerprint density at radius 1 is 1.86 bits per heavy atom. The van der Waals surface area contributed by atoms with Gasteiger partial charge in [-0.15, -0.1) is 6.58 Å². The van der Waals surface area contributed by atoms with Gasteiger partial charge in [0.15, 0.2) is 5.11 Å². The molecule has 1 saturated heterocycles. The Kier molecular flexibility index (Phi) is 3.88. The molecule has 5 heteroatoms. The second kappa shape index (κ2) is 4.95. The third-order valence-corrected chi connectivity index (χ3v) is 2.14. The number of hydrogen-bond acceptors (Lipinski definition) is 3. The Bertz CT molecular complexity index is 255. The maximum atomic E-state index is 11.2. The quantitative estimate of drug-likeness (QED) is 0.403. The molecule has 0 aromatic carbocycles. The first-order valence-electron chi connectivity index (χ1n) is 4.49. The molecule has 0 saturated carbocycles. The maximum absolute atomic E-state index is 11.2. The highest BCUT2D eigenvalue weighted by molar-refractivity contribution is 7.80. The van der Waals surface area contributed by atoms with E-state index in [1.807, 2.05) is 6.92 Å². The Morgan fingerprint density at radius 2 is 2.57 bits per heavy atom. The first kappa shape index (κ1) is 11.0. The van der Waals surface area contributed by atoms with Crippen LogP contribution in [0.3, 0.4) is 0 Å². The fourth-order valence-corrected chi connectivity index (χ4v) is 1.47. The van der Waals surface area contributed by atoms with Crippen molar-refractivity contribution < 1.29 is 9.53 Å². The average molecular weight is 214 g/mol. The molecule has 2 atom stereocenters. The Morgan fingerprint density at radius 3 is 3.07 bits per heavy atom. The van der Waals surface area contributed by atoms with Crippen LogP contribution in [0.1, 0.15) is 13.3 Å². The number of carbonyl (C=O) groups excluding carboxylic acids is 1. The van der Waals surface area contributed by atoms with Gasteiger partial charge in [-0.05, 0) is 19.1 Å². The van der Waals surface area contributed by atoms with Crippen molar-refractivity contribution in [2.24, 2.45) is 0 Å². The van der Waals surface area contributed by atoms with Crippen molar-refractivity contribution in [3.05, 3.63) is 12.7 Å². The molecule has 1 heterocycles. The van der Waals surface area contributed by atoms with Crippen molar-refractivity contribution >= 4 is 23.3 Å². The first-order chi connectivity index (χ1) is 6.63. The average Bonchev–Trinajstić information content (AvgIpc) is 2.42. The lowest BCUT2D eigenvalue weighted by Gasteiger charge is -2.11. The van der Waals surface area contributed by atoms with Crippen LogP contribution >= 0.6 is 12.2 Å². The molecular weight excluding hydrogens is 200 g/mol. The summed E-state index contributed by atoms with van der Waals surface area (Å²) in [6, 6.07) is -0.310. The number of ether oxygens (including phenoxy) is 1. The second-order valence-electron chi connectivity index (χ2n) is 3.18. The number of thiocarbonyl (C=S) groups is 1. The molecule has 0 unspecified atom stereocenters. The number of carbonyl (C=O) groups is 1. The van der Waals surface area contributed by atoms with Crippen molar-refractivity contribution in [1.82, 2.24) is 10.6 Å². The molecule has 0 aromatic rings. The maximum Gasteiger partial charge on any atom is 0.329 e. The molecule has 0 bridgehead atoms. The highest BCUT2D eigenvalue weighted by Crippen LogP contribution is 2.13. The van der Waals surface area contributed by atoms with E-state index in [1.165, 1.54) is 0 Å². The molecule has 1 aliphatic heterocycles. The van der Waals surface area contributed by atoms with Gasteiger partial charge in [-0.25, -0.2) is 4.79 Å². The number of esters is 1. The largest absolute Gasteiger partial charge is 0.461 e. The predicted molar refractivity (Wildman–Crippen MR) is 57.9 cm³/mol. The lowest BCUT2D eigenvalue weighted by molar-refractivity contribution is -0.142. The zero-order valence-corrected chi connectivity index (χ0v) is 8.89. The molecule has 78 valence electrons. The van der Waals surface area contributed by atoms with Crippen LogP contribution in [0.25, 0.3) is 0 Å². The van der Waals surface area contributed by atoms with Crippen molar-refractivity contribution in [3.63, 3.8) is 0 Å². The van der Waals surface area contributed by atoms with Gasteiger partial charge in [0.1, 0.15) is 12.1 Å². The van der Waals surface area contributed by atoms with E-state index in [1.54, 1.807) is 6.08 Å². The summed E-state index contributed by atoms with van der Waals surface area (Å²) in [6.07, 6.45) is 2.33. The van der Waals surface area contributed by atoms with E-state index in [2.05, 4.69) is 17.2 Å². The van der Waals surface area contributed by atoms with Gasteiger partial charge >= 0.3 is 5.97 Å². The summed E-state index contributed by atoms with van der Waals surface area (Å²) in [7, 11) is 0. The minimum absolute atomic E-state index is 0.0257. The molecule has 0 spiro atoms. The summed E-state index contributed by atoms with van der Waals surface area (Å²) >= 11 is 4.97. The van der Waals surface area contributed by atoms with E-state index >= 15 is 0 Å². The standard InChI is InChI=1S/C9H14N2O2S/c1-3-4-10-9(14)11-7-5-6(2)13-8(7)12/h3,6-7H,1,4-5H2,2H3,(H2,10,11,14)/t6-,7+/m0/s1. The zero-order valence-electron chi connectivity index (χ0n) is 8.08. The number of rotatable bonds is 3. The summed E-state index contributed by atoms with van der Waals surface area (Å²) in [5.74, 6) is -0.236. The summed E-state index contributed by atoms with van der Waals surface area (Å²) in [6.45, 7) is 6.00. The molecule has 0 radical (unpaired) electrons. The van der Waals surface area contributed by atoms with Gasteiger partial charge in [0.05, 0.1) is 0 Å². The van der Waals surface area contributed by atoms with Crippen molar-refractivity contribution in [2.75, 3.05) is 6.54 Å². The third kappa shape index (κ3) is 2.99. The zero-order chi connectivity index (χ0) is 10.6. The number of hydrogen-bond donors (Lipinski definition) is 2. The van der Waals surface area contributed by atoms with Crippen molar-refractivity contribution in [3.8, 4) is 0 Å². The van der Waals surface area contributed by atoms with Crippen LogP contribution in [-0.4, -0.2) is 29.8 Å².